The molecule has 1 heterocycles. The first-order valence-electron chi connectivity index (χ1n) is 8.59. The molecular formula is C20H23NO. The highest BCUT2D eigenvalue weighted by atomic mass is 16.2. The molecule has 2 nitrogen and oxygen atoms in total. The van der Waals surface area contributed by atoms with E-state index in [1.54, 1.807) is 0 Å². The molecule has 0 unspecified atom stereocenters. The molecule has 1 amide bonds. The van der Waals surface area contributed by atoms with Gasteiger partial charge in [-0.1, -0.05) is 49.6 Å². The quantitative estimate of drug-likeness (QED) is 0.758. The first kappa shape index (κ1) is 13.8. The first-order valence-corrected chi connectivity index (χ1v) is 8.59. The van der Waals surface area contributed by atoms with Gasteiger partial charge in [0.15, 0.2) is 0 Å². The van der Waals surface area contributed by atoms with Gasteiger partial charge in [0.2, 0.25) is 0 Å². The van der Waals surface area contributed by atoms with E-state index in [0.29, 0.717) is 0 Å². The summed E-state index contributed by atoms with van der Waals surface area (Å²) >= 11 is 0. The van der Waals surface area contributed by atoms with Crippen molar-refractivity contribution in [1.29, 1.82) is 0 Å². The lowest BCUT2D eigenvalue weighted by Gasteiger charge is -2.41. The summed E-state index contributed by atoms with van der Waals surface area (Å²) in [7, 11) is 0. The molecule has 2 fully saturated rings. The number of benzene rings is 2. The van der Waals surface area contributed by atoms with E-state index in [1.807, 2.05) is 24.3 Å². The second-order valence-electron chi connectivity index (χ2n) is 6.91. The van der Waals surface area contributed by atoms with Gasteiger partial charge >= 0.3 is 0 Å². The van der Waals surface area contributed by atoms with Crippen molar-refractivity contribution in [3.05, 3.63) is 48.0 Å². The van der Waals surface area contributed by atoms with Crippen LogP contribution in [0.1, 0.15) is 42.5 Å². The molecule has 0 spiro atoms. The molecule has 4 rings (SSSR count). The molecular weight excluding hydrogens is 270 g/mol. The fourth-order valence-corrected chi connectivity index (χ4v) is 4.29. The molecule has 0 aromatic heterocycles. The summed E-state index contributed by atoms with van der Waals surface area (Å²) in [6, 6.07) is 14.3. The van der Waals surface area contributed by atoms with Crippen LogP contribution in [0.3, 0.4) is 0 Å². The molecule has 1 aliphatic carbocycles. The number of likely N-dealkylation sites (tertiary alicyclic amines) is 1. The Balaban J connectivity index is 1.55. The highest BCUT2D eigenvalue weighted by Crippen LogP contribution is 2.36. The zero-order valence-corrected chi connectivity index (χ0v) is 13.0. The fraction of sp³-hybridized carbons (Fsp3) is 0.450. The van der Waals surface area contributed by atoms with Crippen LogP contribution in [-0.2, 0) is 0 Å². The Labute approximate surface area is 132 Å². The van der Waals surface area contributed by atoms with Gasteiger partial charge in [-0.2, -0.15) is 0 Å². The normalized spacial score (nSPS) is 25.0. The molecule has 2 aromatic rings. The average molecular weight is 293 g/mol. The molecule has 114 valence electrons. The highest BCUT2D eigenvalue weighted by Gasteiger charge is 2.33. The third-order valence-electron chi connectivity index (χ3n) is 5.57. The molecule has 2 heteroatoms. The largest absolute Gasteiger partial charge is 0.338 e. The van der Waals surface area contributed by atoms with E-state index in [4.69, 9.17) is 0 Å². The summed E-state index contributed by atoms with van der Waals surface area (Å²) in [5, 5.41) is 2.35. The van der Waals surface area contributed by atoms with Gasteiger partial charge in [-0.25, -0.2) is 0 Å². The predicted molar refractivity (Wildman–Crippen MR) is 89.9 cm³/mol. The monoisotopic (exact) mass is 293 g/mol. The van der Waals surface area contributed by atoms with Crippen molar-refractivity contribution in [2.45, 2.75) is 32.1 Å². The van der Waals surface area contributed by atoms with E-state index in [2.05, 4.69) is 23.1 Å². The number of amides is 1. The Morgan fingerprint density at radius 1 is 0.909 bits per heavy atom. The SMILES string of the molecule is O=C(c1ccc2ccccc2c1)N1CC[C@H]2CCCC[C@H]2C1. The minimum absolute atomic E-state index is 0.217. The average Bonchev–Trinajstić information content (AvgIpc) is 2.60. The van der Waals surface area contributed by atoms with Gasteiger partial charge in [-0.15, -0.1) is 0 Å². The fourth-order valence-electron chi connectivity index (χ4n) is 4.29. The molecule has 2 aromatic carbocycles. The van der Waals surface area contributed by atoms with Gasteiger partial charge in [0.05, 0.1) is 0 Å². The summed E-state index contributed by atoms with van der Waals surface area (Å²) in [4.78, 5) is 14.9. The smallest absolute Gasteiger partial charge is 0.253 e. The number of piperidine rings is 1. The number of hydrogen-bond acceptors (Lipinski definition) is 1. The Hall–Kier alpha value is -1.83. The van der Waals surface area contributed by atoms with E-state index >= 15 is 0 Å². The first-order chi connectivity index (χ1) is 10.8. The van der Waals surface area contributed by atoms with E-state index in [9.17, 15) is 4.79 Å². The van der Waals surface area contributed by atoms with Gasteiger partial charge < -0.3 is 4.90 Å². The third-order valence-corrected chi connectivity index (χ3v) is 5.57. The molecule has 1 saturated carbocycles. The van der Waals surface area contributed by atoms with Crippen molar-refractivity contribution in [3.8, 4) is 0 Å². The second-order valence-corrected chi connectivity index (χ2v) is 6.91. The zero-order chi connectivity index (χ0) is 14.9. The number of hydrogen-bond donors (Lipinski definition) is 0. The van der Waals surface area contributed by atoms with Crippen LogP contribution in [0.5, 0.6) is 0 Å². The zero-order valence-electron chi connectivity index (χ0n) is 13.0. The van der Waals surface area contributed by atoms with Gasteiger partial charge in [0.1, 0.15) is 0 Å². The molecule has 22 heavy (non-hydrogen) atoms. The summed E-state index contributed by atoms with van der Waals surface area (Å²) < 4.78 is 0. The van der Waals surface area contributed by atoms with Gasteiger partial charge in [-0.3, -0.25) is 4.79 Å². The number of nitrogens with zero attached hydrogens (tertiary/aromatic N) is 1. The van der Waals surface area contributed by atoms with Gasteiger partial charge in [0.25, 0.3) is 5.91 Å². The predicted octanol–water partition coefficient (Wildman–Crippen LogP) is 4.49. The Morgan fingerprint density at radius 2 is 1.68 bits per heavy atom. The Morgan fingerprint density at radius 3 is 2.55 bits per heavy atom. The Kier molecular flexibility index (Phi) is 3.61. The van der Waals surface area contributed by atoms with Crippen LogP contribution >= 0.6 is 0 Å². The molecule has 1 aliphatic heterocycles. The molecule has 0 bridgehead atoms. The maximum atomic E-state index is 12.8. The minimum atomic E-state index is 0.217. The lowest BCUT2D eigenvalue weighted by Crippen LogP contribution is -2.44. The molecule has 2 aliphatic rings. The standard InChI is InChI=1S/C20H23NO/c22-20(18-10-9-15-5-1-3-7-17(15)13-18)21-12-11-16-6-2-4-8-19(16)14-21/h1,3,5,7,9-10,13,16,19H,2,4,6,8,11-12,14H2/t16-,19+/m1/s1. The van der Waals surface area contributed by atoms with Crippen LogP contribution in [0.4, 0.5) is 0 Å². The lowest BCUT2D eigenvalue weighted by atomic mass is 9.75. The molecule has 0 radical (unpaired) electrons. The number of rotatable bonds is 1. The van der Waals surface area contributed by atoms with Crippen LogP contribution in [0.2, 0.25) is 0 Å². The van der Waals surface area contributed by atoms with Crippen molar-refractivity contribution in [1.82, 2.24) is 4.90 Å². The summed E-state index contributed by atoms with van der Waals surface area (Å²) in [6.07, 6.45) is 6.62. The molecule has 1 saturated heterocycles. The number of carbonyl (C=O) groups is 1. The van der Waals surface area contributed by atoms with Crippen molar-refractivity contribution < 1.29 is 4.79 Å². The van der Waals surface area contributed by atoms with Crippen LogP contribution in [0, 0.1) is 11.8 Å². The summed E-state index contributed by atoms with van der Waals surface area (Å²) in [5.74, 6) is 1.83. The van der Waals surface area contributed by atoms with Crippen molar-refractivity contribution in [2.24, 2.45) is 11.8 Å². The van der Waals surface area contributed by atoms with Crippen molar-refractivity contribution >= 4 is 16.7 Å². The van der Waals surface area contributed by atoms with Gasteiger partial charge in [-0.05, 0) is 47.6 Å². The van der Waals surface area contributed by atoms with Crippen LogP contribution in [-0.4, -0.2) is 23.9 Å². The number of carbonyl (C=O) groups excluding carboxylic acids is 1. The topological polar surface area (TPSA) is 20.3 Å². The van der Waals surface area contributed by atoms with Crippen LogP contribution in [0.15, 0.2) is 42.5 Å². The van der Waals surface area contributed by atoms with E-state index in [1.165, 1.54) is 37.5 Å². The number of fused-ring (bicyclic) bond motifs is 2. The second kappa shape index (κ2) is 5.75. The maximum Gasteiger partial charge on any atom is 0.253 e. The highest BCUT2D eigenvalue weighted by molar-refractivity contribution is 5.98. The molecule has 0 N–H and O–H groups in total. The van der Waals surface area contributed by atoms with Gasteiger partial charge in [0, 0.05) is 18.7 Å². The maximum absolute atomic E-state index is 12.8. The Bertz CT molecular complexity index is 693. The van der Waals surface area contributed by atoms with Crippen molar-refractivity contribution in [2.75, 3.05) is 13.1 Å². The van der Waals surface area contributed by atoms with Crippen molar-refractivity contribution in [3.63, 3.8) is 0 Å². The van der Waals surface area contributed by atoms with Crippen LogP contribution < -0.4 is 0 Å². The van der Waals surface area contributed by atoms with E-state index < -0.39 is 0 Å². The summed E-state index contributed by atoms with van der Waals surface area (Å²) in [5.41, 5.74) is 0.841. The van der Waals surface area contributed by atoms with E-state index in [0.717, 1.165) is 35.9 Å². The third kappa shape index (κ3) is 2.51. The molecule has 2 atom stereocenters. The lowest BCUT2D eigenvalue weighted by molar-refractivity contribution is 0.0521. The summed E-state index contributed by atoms with van der Waals surface area (Å²) in [6.45, 7) is 1.91. The van der Waals surface area contributed by atoms with E-state index in [-0.39, 0.29) is 5.91 Å². The van der Waals surface area contributed by atoms with Crippen LogP contribution in [0.25, 0.3) is 10.8 Å². The minimum Gasteiger partial charge on any atom is -0.338 e.